The predicted molar refractivity (Wildman–Crippen MR) is 83.9 cm³/mol. The van der Waals surface area contributed by atoms with Gasteiger partial charge in [-0.05, 0) is 61.2 Å². The van der Waals surface area contributed by atoms with Crippen LogP contribution >= 0.6 is 27.5 Å². The number of aryl methyl sites for hydroxylation is 3. The molecule has 0 radical (unpaired) electrons. The summed E-state index contributed by atoms with van der Waals surface area (Å²) in [6.07, 6.45) is -0.704. The minimum atomic E-state index is -0.704. The van der Waals surface area contributed by atoms with Gasteiger partial charge in [0.15, 0.2) is 0 Å². The van der Waals surface area contributed by atoms with Gasteiger partial charge in [0.2, 0.25) is 0 Å². The third-order valence-electron chi connectivity index (χ3n) is 3.44. The Balaban J connectivity index is 2.52. The van der Waals surface area contributed by atoms with Crippen molar-refractivity contribution in [2.75, 3.05) is 0 Å². The number of benzene rings is 2. The first-order chi connectivity index (χ1) is 8.90. The quantitative estimate of drug-likeness (QED) is 0.806. The second-order valence-corrected chi connectivity index (χ2v) is 6.18. The molecule has 2 rings (SSSR count). The van der Waals surface area contributed by atoms with Gasteiger partial charge in [0.25, 0.3) is 0 Å². The minimum Gasteiger partial charge on any atom is -0.384 e. The zero-order valence-corrected chi connectivity index (χ0v) is 13.5. The highest BCUT2D eigenvalue weighted by Crippen LogP contribution is 2.33. The maximum atomic E-state index is 10.6. The van der Waals surface area contributed by atoms with Gasteiger partial charge in [-0.15, -0.1) is 0 Å². The number of hydrogen-bond donors (Lipinski definition) is 1. The Morgan fingerprint density at radius 3 is 2.26 bits per heavy atom. The Bertz CT molecular complexity index is 622. The Hall–Kier alpha value is -0.830. The van der Waals surface area contributed by atoms with E-state index in [1.807, 2.05) is 51.1 Å². The Morgan fingerprint density at radius 1 is 0.947 bits per heavy atom. The molecule has 0 saturated carbocycles. The van der Waals surface area contributed by atoms with Crippen molar-refractivity contribution in [1.82, 2.24) is 0 Å². The van der Waals surface area contributed by atoms with Crippen LogP contribution in [0.3, 0.4) is 0 Å². The first kappa shape index (κ1) is 14.6. The van der Waals surface area contributed by atoms with Gasteiger partial charge in [0.05, 0.1) is 0 Å². The lowest BCUT2D eigenvalue weighted by Gasteiger charge is -2.17. The van der Waals surface area contributed by atoms with Crippen molar-refractivity contribution in [3.8, 4) is 0 Å². The maximum absolute atomic E-state index is 10.6. The van der Waals surface area contributed by atoms with Crippen molar-refractivity contribution in [3.05, 3.63) is 67.6 Å². The molecule has 0 bridgehead atoms. The van der Waals surface area contributed by atoms with Crippen molar-refractivity contribution in [2.45, 2.75) is 26.9 Å². The lowest BCUT2D eigenvalue weighted by Crippen LogP contribution is -2.04. The molecule has 0 aliphatic rings. The number of halogens is 2. The Morgan fingerprint density at radius 2 is 1.58 bits per heavy atom. The van der Waals surface area contributed by atoms with Gasteiger partial charge in [-0.2, -0.15) is 0 Å². The highest BCUT2D eigenvalue weighted by Gasteiger charge is 2.17. The lowest BCUT2D eigenvalue weighted by atomic mass is 9.95. The topological polar surface area (TPSA) is 20.2 Å². The van der Waals surface area contributed by atoms with Crippen LogP contribution in [0.4, 0.5) is 0 Å². The van der Waals surface area contributed by atoms with E-state index in [4.69, 9.17) is 11.6 Å². The molecule has 1 unspecified atom stereocenters. The Labute approximate surface area is 127 Å². The van der Waals surface area contributed by atoms with E-state index in [1.165, 1.54) is 0 Å². The van der Waals surface area contributed by atoms with Gasteiger partial charge >= 0.3 is 0 Å². The second-order valence-electron chi connectivity index (χ2n) is 4.86. The summed E-state index contributed by atoms with van der Waals surface area (Å²) < 4.78 is 0.951. The SMILES string of the molecule is Cc1cc(Cl)c(C(O)c2cc(Br)ccc2C)cc1C. The minimum absolute atomic E-state index is 0.606. The van der Waals surface area contributed by atoms with E-state index in [0.29, 0.717) is 5.02 Å². The van der Waals surface area contributed by atoms with Gasteiger partial charge < -0.3 is 5.11 Å². The molecular formula is C16H16BrClO. The summed E-state index contributed by atoms with van der Waals surface area (Å²) in [7, 11) is 0. The van der Waals surface area contributed by atoms with Crippen molar-refractivity contribution in [3.63, 3.8) is 0 Å². The number of rotatable bonds is 2. The molecule has 0 amide bonds. The fourth-order valence-electron chi connectivity index (χ4n) is 2.09. The molecule has 0 saturated heterocycles. The maximum Gasteiger partial charge on any atom is 0.106 e. The zero-order chi connectivity index (χ0) is 14.2. The normalized spacial score (nSPS) is 12.5. The summed E-state index contributed by atoms with van der Waals surface area (Å²) in [6, 6.07) is 9.75. The molecule has 0 aromatic heterocycles. The van der Waals surface area contributed by atoms with Gasteiger partial charge in [-0.25, -0.2) is 0 Å². The summed E-state index contributed by atoms with van der Waals surface area (Å²) in [5, 5.41) is 11.2. The van der Waals surface area contributed by atoms with Gasteiger partial charge in [-0.3, -0.25) is 0 Å². The molecule has 0 fully saturated rings. The molecule has 2 aromatic rings. The first-order valence-electron chi connectivity index (χ1n) is 6.11. The summed E-state index contributed by atoms with van der Waals surface area (Å²) in [5.74, 6) is 0. The molecule has 0 spiro atoms. The smallest absolute Gasteiger partial charge is 0.106 e. The van der Waals surface area contributed by atoms with Crippen LogP contribution in [0.25, 0.3) is 0 Å². The summed E-state index contributed by atoms with van der Waals surface area (Å²) in [6.45, 7) is 6.03. The van der Waals surface area contributed by atoms with Crippen LogP contribution in [0.5, 0.6) is 0 Å². The molecular weight excluding hydrogens is 324 g/mol. The van der Waals surface area contributed by atoms with Gasteiger partial charge in [0, 0.05) is 15.1 Å². The van der Waals surface area contributed by atoms with Gasteiger partial charge in [-0.1, -0.05) is 39.7 Å². The first-order valence-corrected chi connectivity index (χ1v) is 7.28. The monoisotopic (exact) mass is 338 g/mol. The summed E-state index contributed by atoms with van der Waals surface area (Å²) in [5.41, 5.74) is 4.94. The van der Waals surface area contributed by atoms with Crippen molar-refractivity contribution >= 4 is 27.5 Å². The molecule has 1 N–H and O–H groups in total. The Kier molecular flexibility index (Phi) is 4.34. The molecule has 1 nitrogen and oxygen atoms in total. The average Bonchev–Trinajstić information content (AvgIpc) is 2.36. The third-order valence-corrected chi connectivity index (χ3v) is 4.26. The highest BCUT2D eigenvalue weighted by molar-refractivity contribution is 9.10. The number of hydrogen-bond acceptors (Lipinski definition) is 1. The number of aliphatic hydroxyl groups is 1. The van der Waals surface area contributed by atoms with Crippen molar-refractivity contribution < 1.29 is 5.11 Å². The molecule has 0 aliphatic carbocycles. The fourth-order valence-corrected chi connectivity index (χ4v) is 2.79. The second kappa shape index (κ2) is 5.66. The van der Waals surface area contributed by atoms with Crippen molar-refractivity contribution in [2.24, 2.45) is 0 Å². The van der Waals surface area contributed by atoms with E-state index >= 15 is 0 Å². The van der Waals surface area contributed by atoms with E-state index in [1.54, 1.807) is 0 Å². The number of aliphatic hydroxyl groups excluding tert-OH is 1. The van der Waals surface area contributed by atoms with E-state index in [9.17, 15) is 5.11 Å². The highest BCUT2D eigenvalue weighted by atomic mass is 79.9. The molecule has 0 aliphatic heterocycles. The lowest BCUT2D eigenvalue weighted by molar-refractivity contribution is 0.219. The van der Waals surface area contributed by atoms with Crippen LogP contribution < -0.4 is 0 Å². The van der Waals surface area contributed by atoms with Crippen LogP contribution in [0.2, 0.25) is 5.02 Å². The van der Waals surface area contributed by atoms with Crippen molar-refractivity contribution in [1.29, 1.82) is 0 Å². The summed E-state index contributed by atoms with van der Waals surface area (Å²) in [4.78, 5) is 0. The zero-order valence-electron chi connectivity index (χ0n) is 11.2. The fraction of sp³-hybridized carbons (Fsp3) is 0.250. The molecule has 0 heterocycles. The molecule has 19 heavy (non-hydrogen) atoms. The van der Waals surface area contributed by atoms with Crippen LogP contribution in [-0.4, -0.2) is 5.11 Å². The van der Waals surface area contributed by atoms with Crippen LogP contribution in [0.15, 0.2) is 34.8 Å². The third kappa shape index (κ3) is 3.02. The van der Waals surface area contributed by atoms with Crippen LogP contribution in [0.1, 0.15) is 33.9 Å². The van der Waals surface area contributed by atoms with E-state index < -0.39 is 6.10 Å². The molecule has 1 atom stereocenters. The largest absolute Gasteiger partial charge is 0.384 e. The van der Waals surface area contributed by atoms with E-state index in [2.05, 4.69) is 15.9 Å². The molecule has 100 valence electrons. The van der Waals surface area contributed by atoms with Gasteiger partial charge in [0.1, 0.15) is 6.10 Å². The van der Waals surface area contributed by atoms with E-state index in [0.717, 1.165) is 32.3 Å². The molecule has 3 heteroatoms. The standard InChI is InChI=1S/C16H16BrClO/c1-9-4-5-12(17)8-13(9)16(19)14-6-10(2)11(3)7-15(14)18/h4-8,16,19H,1-3H3. The summed E-state index contributed by atoms with van der Waals surface area (Å²) >= 11 is 9.70. The van der Waals surface area contributed by atoms with E-state index in [-0.39, 0.29) is 0 Å². The van der Waals surface area contributed by atoms with Crippen LogP contribution in [-0.2, 0) is 0 Å². The van der Waals surface area contributed by atoms with Crippen LogP contribution in [0, 0.1) is 20.8 Å². The average molecular weight is 340 g/mol. The molecule has 2 aromatic carbocycles. The predicted octanol–water partition coefficient (Wildman–Crippen LogP) is 5.11.